The maximum Gasteiger partial charge on any atom is 0.255 e. The third-order valence-corrected chi connectivity index (χ3v) is 6.41. The van der Waals surface area contributed by atoms with Gasteiger partial charge < -0.3 is 5.32 Å². The van der Waals surface area contributed by atoms with Crippen LogP contribution in [0, 0.1) is 18.7 Å². The van der Waals surface area contributed by atoms with Crippen LogP contribution in [0.5, 0.6) is 0 Å². The summed E-state index contributed by atoms with van der Waals surface area (Å²) in [6, 6.07) is 17.2. The Hall–Kier alpha value is -3.21. The summed E-state index contributed by atoms with van der Waals surface area (Å²) in [5.74, 6) is -0.228. The van der Waals surface area contributed by atoms with Gasteiger partial charge in [-0.25, -0.2) is 4.39 Å². The van der Waals surface area contributed by atoms with E-state index in [2.05, 4.69) is 5.32 Å². The second-order valence-electron chi connectivity index (χ2n) is 8.59. The lowest BCUT2D eigenvalue weighted by Crippen LogP contribution is -2.38. The minimum atomic E-state index is -0.304. The van der Waals surface area contributed by atoms with Gasteiger partial charge >= 0.3 is 0 Å². The predicted octanol–water partition coefficient (Wildman–Crippen LogP) is 5.51. The molecule has 1 N–H and O–H groups in total. The average molecular weight is 433 g/mol. The zero-order valence-electron chi connectivity index (χ0n) is 18.6. The van der Waals surface area contributed by atoms with E-state index in [0.717, 1.165) is 42.5 Å². The smallest absolute Gasteiger partial charge is 0.255 e. The number of halogens is 1. The SMILES string of the molecule is CCCc1cc(=O)n(-c2ccccc2)c(C)c1C(=O)N[C@H](c1cccc(F)c1)C1CCC1. The van der Waals surface area contributed by atoms with Crippen molar-refractivity contribution in [2.75, 3.05) is 0 Å². The van der Waals surface area contributed by atoms with Crippen LogP contribution in [0.2, 0.25) is 0 Å². The number of aromatic nitrogens is 1. The van der Waals surface area contributed by atoms with Crippen LogP contribution >= 0.6 is 0 Å². The van der Waals surface area contributed by atoms with Gasteiger partial charge in [0.05, 0.1) is 11.6 Å². The molecule has 32 heavy (non-hydrogen) atoms. The molecule has 4 nitrogen and oxygen atoms in total. The van der Waals surface area contributed by atoms with Gasteiger partial charge in [0.25, 0.3) is 11.5 Å². The molecule has 5 heteroatoms. The predicted molar refractivity (Wildman–Crippen MR) is 125 cm³/mol. The number of amides is 1. The molecule has 4 rings (SSSR count). The van der Waals surface area contributed by atoms with Gasteiger partial charge in [-0.2, -0.15) is 0 Å². The largest absolute Gasteiger partial charge is 0.345 e. The quantitative estimate of drug-likeness (QED) is 0.535. The van der Waals surface area contributed by atoms with Gasteiger partial charge in [-0.3, -0.25) is 14.2 Å². The summed E-state index contributed by atoms with van der Waals surface area (Å²) in [6.45, 7) is 3.85. The van der Waals surface area contributed by atoms with Crippen molar-refractivity contribution in [1.82, 2.24) is 9.88 Å². The third kappa shape index (κ3) is 4.38. The molecule has 0 bridgehead atoms. The zero-order valence-corrected chi connectivity index (χ0v) is 18.6. The summed E-state index contributed by atoms with van der Waals surface area (Å²) in [5.41, 5.74) is 3.29. The van der Waals surface area contributed by atoms with E-state index in [0.29, 0.717) is 17.7 Å². The van der Waals surface area contributed by atoms with Crippen LogP contribution in [0.15, 0.2) is 65.5 Å². The van der Waals surface area contributed by atoms with Gasteiger partial charge in [-0.1, -0.05) is 50.1 Å². The van der Waals surface area contributed by atoms with Crippen molar-refractivity contribution in [3.05, 3.63) is 99.2 Å². The fraction of sp³-hybridized carbons (Fsp3) is 0.333. The molecule has 0 saturated heterocycles. The van der Waals surface area contributed by atoms with E-state index < -0.39 is 0 Å². The Bertz CT molecular complexity index is 1170. The molecule has 1 amide bonds. The molecule has 1 fully saturated rings. The van der Waals surface area contributed by atoms with Gasteiger partial charge in [0.15, 0.2) is 0 Å². The lowest BCUT2D eigenvalue weighted by Gasteiger charge is -2.35. The molecular formula is C27H29FN2O2. The lowest BCUT2D eigenvalue weighted by atomic mass is 9.77. The van der Waals surface area contributed by atoms with Crippen LogP contribution in [0.1, 0.15) is 65.8 Å². The number of rotatable bonds is 7. The van der Waals surface area contributed by atoms with Crippen LogP contribution in [0.25, 0.3) is 5.69 Å². The monoisotopic (exact) mass is 432 g/mol. The molecule has 2 aromatic carbocycles. The summed E-state index contributed by atoms with van der Waals surface area (Å²) in [7, 11) is 0. The van der Waals surface area contributed by atoms with Crippen LogP contribution in [0.3, 0.4) is 0 Å². The van der Waals surface area contributed by atoms with Crippen molar-refractivity contribution in [2.24, 2.45) is 5.92 Å². The number of benzene rings is 2. The van der Waals surface area contributed by atoms with Gasteiger partial charge in [0, 0.05) is 17.4 Å². The molecular weight excluding hydrogens is 403 g/mol. The normalized spacial score (nSPS) is 14.6. The first-order valence-electron chi connectivity index (χ1n) is 11.4. The molecule has 166 valence electrons. The Labute approximate surface area is 188 Å². The van der Waals surface area contributed by atoms with Crippen molar-refractivity contribution >= 4 is 5.91 Å². The Morgan fingerprint density at radius 3 is 2.50 bits per heavy atom. The molecule has 0 radical (unpaired) electrons. The Morgan fingerprint density at radius 1 is 1.12 bits per heavy atom. The van der Waals surface area contributed by atoms with E-state index in [9.17, 15) is 14.0 Å². The van der Waals surface area contributed by atoms with Crippen molar-refractivity contribution in [1.29, 1.82) is 0 Å². The number of aryl methyl sites for hydroxylation is 1. The van der Waals surface area contributed by atoms with Crippen LogP contribution in [-0.4, -0.2) is 10.5 Å². The van der Waals surface area contributed by atoms with Crippen LogP contribution in [0.4, 0.5) is 4.39 Å². The van der Waals surface area contributed by atoms with Crippen molar-refractivity contribution in [3.63, 3.8) is 0 Å². The second kappa shape index (κ2) is 9.51. The fourth-order valence-electron chi connectivity index (χ4n) is 4.63. The van der Waals surface area contributed by atoms with E-state index in [1.165, 1.54) is 12.1 Å². The summed E-state index contributed by atoms with van der Waals surface area (Å²) in [6.07, 6.45) is 4.59. The number of para-hydroxylation sites is 1. The number of nitrogens with one attached hydrogen (secondary N) is 1. The number of carbonyl (C=O) groups excluding carboxylic acids is 1. The van der Waals surface area contributed by atoms with Crippen molar-refractivity contribution in [3.8, 4) is 5.69 Å². The van der Waals surface area contributed by atoms with Crippen molar-refractivity contribution < 1.29 is 9.18 Å². The molecule has 1 heterocycles. The van der Waals surface area contributed by atoms with Crippen LogP contribution < -0.4 is 10.9 Å². The fourth-order valence-corrected chi connectivity index (χ4v) is 4.63. The van der Waals surface area contributed by atoms with Gasteiger partial charge in [-0.05, 0) is 67.5 Å². The van der Waals surface area contributed by atoms with E-state index >= 15 is 0 Å². The molecule has 1 aliphatic rings. The third-order valence-electron chi connectivity index (χ3n) is 6.41. The standard InChI is InChI=1S/C27H29FN2O2/c1-3-9-20-17-24(31)30(23-14-5-4-6-15-23)18(2)25(20)27(32)29-26(19-10-7-11-19)21-12-8-13-22(28)16-21/h4-6,8,12-17,19,26H,3,7,9-11H2,1-2H3,(H,29,32)/t26-/m0/s1. The first kappa shape index (κ1) is 22.0. The number of hydrogen-bond donors (Lipinski definition) is 1. The zero-order chi connectivity index (χ0) is 22.7. The Morgan fingerprint density at radius 2 is 1.88 bits per heavy atom. The molecule has 1 aliphatic carbocycles. The van der Waals surface area contributed by atoms with Gasteiger partial charge in [0.1, 0.15) is 5.82 Å². The maximum atomic E-state index is 13.9. The first-order chi connectivity index (χ1) is 15.5. The number of pyridine rings is 1. The molecule has 1 saturated carbocycles. The van der Waals surface area contributed by atoms with Crippen molar-refractivity contribution in [2.45, 2.75) is 52.0 Å². The highest BCUT2D eigenvalue weighted by atomic mass is 19.1. The molecule has 0 unspecified atom stereocenters. The minimum absolute atomic E-state index is 0.144. The second-order valence-corrected chi connectivity index (χ2v) is 8.59. The van der Waals surface area contributed by atoms with E-state index in [1.807, 2.05) is 50.2 Å². The van der Waals surface area contributed by atoms with E-state index in [1.54, 1.807) is 16.7 Å². The van der Waals surface area contributed by atoms with Gasteiger partial charge in [-0.15, -0.1) is 0 Å². The lowest BCUT2D eigenvalue weighted by molar-refractivity contribution is 0.0898. The number of nitrogens with zero attached hydrogens (tertiary/aromatic N) is 1. The molecule has 1 aromatic heterocycles. The topological polar surface area (TPSA) is 51.1 Å². The first-order valence-corrected chi connectivity index (χ1v) is 11.4. The summed E-state index contributed by atoms with van der Waals surface area (Å²) >= 11 is 0. The van der Waals surface area contributed by atoms with Gasteiger partial charge in [0.2, 0.25) is 0 Å². The minimum Gasteiger partial charge on any atom is -0.345 e. The summed E-state index contributed by atoms with van der Waals surface area (Å²) in [5, 5.41) is 3.20. The van der Waals surface area contributed by atoms with E-state index in [4.69, 9.17) is 0 Å². The summed E-state index contributed by atoms with van der Waals surface area (Å²) < 4.78 is 15.5. The van der Waals surface area contributed by atoms with Crippen LogP contribution in [-0.2, 0) is 6.42 Å². The highest BCUT2D eigenvalue weighted by Gasteiger charge is 2.31. The molecule has 3 aromatic rings. The maximum absolute atomic E-state index is 13.9. The molecule has 0 aliphatic heterocycles. The summed E-state index contributed by atoms with van der Waals surface area (Å²) in [4.78, 5) is 26.6. The molecule has 1 atom stereocenters. The molecule has 0 spiro atoms. The van der Waals surface area contributed by atoms with E-state index in [-0.39, 0.29) is 29.2 Å². The number of hydrogen-bond acceptors (Lipinski definition) is 2. The highest BCUT2D eigenvalue weighted by molar-refractivity contribution is 5.97. The highest BCUT2D eigenvalue weighted by Crippen LogP contribution is 2.38. The average Bonchev–Trinajstić information content (AvgIpc) is 2.73. The Kier molecular flexibility index (Phi) is 6.54. The number of carbonyl (C=O) groups is 1. The Balaban J connectivity index is 1.77.